The molecule has 1 aliphatic carbocycles. The molecule has 0 amide bonds. The molecule has 2 N–H and O–H groups in total. The van der Waals surface area contributed by atoms with Crippen LogP contribution in [0.25, 0.3) is 0 Å². The molecule has 4 nitrogen and oxygen atoms in total. The van der Waals surface area contributed by atoms with Crippen molar-refractivity contribution in [3.8, 4) is 0 Å². The molecule has 0 radical (unpaired) electrons. The van der Waals surface area contributed by atoms with Gasteiger partial charge in [0, 0.05) is 12.3 Å². The number of halogens is 3. The van der Waals surface area contributed by atoms with Gasteiger partial charge >= 0.3 is 12.1 Å². The molecule has 1 aliphatic rings. The fraction of sp³-hybridized carbons (Fsp3) is 0.591. The summed E-state index contributed by atoms with van der Waals surface area (Å²) in [4.78, 5) is 10.5. The molecular weight excluding hydrogens is 385 g/mol. The zero-order valence-corrected chi connectivity index (χ0v) is 16.6. The van der Waals surface area contributed by atoms with E-state index in [9.17, 15) is 23.1 Å². The van der Waals surface area contributed by atoms with Crippen LogP contribution in [-0.2, 0) is 22.3 Å². The number of carbonyl (C=O) groups is 1. The lowest BCUT2D eigenvalue weighted by Crippen LogP contribution is -2.25. The Morgan fingerprint density at radius 1 is 1.28 bits per heavy atom. The Labute approximate surface area is 169 Å². The van der Waals surface area contributed by atoms with Crippen LogP contribution in [0.5, 0.6) is 0 Å². The summed E-state index contributed by atoms with van der Waals surface area (Å²) in [5.41, 5.74) is -0.241. The molecule has 0 bridgehead atoms. The van der Waals surface area contributed by atoms with Crippen LogP contribution in [0.1, 0.15) is 50.2 Å². The maximum atomic E-state index is 12.8. The quantitative estimate of drug-likeness (QED) is 0.415. The molecule has 0 unspecified atom stereocenters. The van der Waals surface area contributed by atoms with Crippen molar-refractivity contribution in [3.63, 3.8) is 0 Å². The number of aliphatic hydroxyl groups is 1. The van der Waals surface area contributed by atoms with Crippen LogP contribution < -0.4 is 0 Å². The Bertz CT molecular complexity index is 687. The van der Waals surface area contributed by atoms with Crippen molar-refractivity contribution >= 4 is 5.97 Å². The molecule has 4 atom stereocenters. The van der Waals surface area contributed by atoms with Crippen molar-refractivity contribution in [1.29, 1.82) is 0 Å². The Balaban J connectivity index is 1.84. The molecule has 0 saturated heterocycles. The molecule has 162 valence electrons. The van der Waals surface area contributed by atoms with Crippen LogP contribution in [0, 0.1) is 17.8 Å². The van der Waals surface area contributed by atoms with Gasteiger partial charge in [0.1, 0.15) is 0 Å². The van der Waals surface area contributed by atoms with Gasteiger partial charge in [0.05, 0.1) is 24.9 Å². The molecule has 0 aliphatic heterocycles. The number of rotatable bonds is 10. The van der Waals surface area contributed by atoms with Gasteiger partial charge in [-0.25, -0.2) is 0 Å². The molecular formula is C22H29F3O4. The van der Waals surface area contributed by atoms with E-state index < -0.39 is 23.8 Å². The van der Waals surface area contributed by atoms with Gasteiger partial charge in [-0.15, -0.1) is 0 Å². The number of aliphatic carboxylic acids is 1. The van der Waals surface area contributed by atoms with E-state index in [1.54, 1.807) is 6.07 Å². The largest absolute Gasteiger partial charge is 0.481 e. The zero-order chi connectivity index (χ0) is 21.4. The van der Waals surface area contributed by atoms with E-state index in [2.05, 4.69) is 6.92 Å². The minimum Gasteiger partial charge on any atom is -0.481 e. The van der Waals surface area contributed by atoms with Crippen molar-refractivity contribution in [1.82, 2.24) is 0 Å². The van der Waals surface area contributed by atoms with Gasteiger partial charge in [-0.05, 0) is 55.2 Å². The molecule has 1 saturated carbocycles. The highest BCUT2D eigenvalue weighted by Crippen LogP contribution is 2.40. The number of allylic oxidation sites excluding steroid dienone is 2. The first-order valence-electron chi connectivity index (χ1n) is 9.97. The molecule has 1 aromatic rings. The van der Waals surface area contributed by atoms with Crippen molar-refractivity contribution in [2.75, 3.05) is 6.61 Å². The van der Waals surface area contributed by atoms with Crippen molar-refractivity contribution in [2.24, 2.45) is 17.8 Å². The lowest BCUT2D eigenvalue weighted by atomic mass is 9.87. The number of benzene rings is 1. The average molecular weight is 414 g/mol. The van der Waals surface area contributed by atoms with Crippen LogP contribution in [0.15, 0.2) is 36.4 Å². The van der Waals surface area contributed by atoms with Crippen molar-refractivity contribution < 1.29 is 32.9 Å². The van der Waals surface area contributed by atoms with Gasteiger partial charge in [0.25, 0.3) is 0 Å². The second-order valence-electron chi connectivity index (χ2n) is 7.81. The molecule has 0 spiro atoms. The smallest absolute Gasteiger partial charge is 0.416 e. The summed E-state index contributed by atoms with van der Waals surface area (Å²) in [6, 6.07) is 5.09. The van der Waals surface area contributed by atoms with E-state index in [-0.39, 0.29) is 24.9 Å². The molecule has 0 aromatic heterocycles. The van der Waals surface area contributed by atoms with Crippen molar-refractivity contribution in [3.05, 3.63) is 47.5 Å². The molecule has 1 aromatic carbocycles. The first-order valence-corrected chi connectivity index (χ1v) is 9.97. The van der Waals surface area contributed by atoms with E-state index in [1.165, 1.54) is 6.07 Å². The van der Waals surface area contributed by atoms with Crippen LogP contribution in [0.2, 0.25) is 0 Å². The third kappa shape index (κ3) is 7.48. The highest BCUT2D eigenvalue weighted by atomic mass is 19.4. The van der Waals surface area contributed by atoms with Gasteiger partial charge < -0.3 is 14.9 Å². The number of hydrogen-bond acceptors (Lipinski definition) is 3. The summed E-state index contributed by atoms with van der Waals surface area (Å²) >= 11 is 0. The standard InChI is InChI=1S/C22H29F3O4/c1-15-11-20(26)19(18(15)9-4-2-3-5-10-21(27)28)14-29-13-16-7-6-8-17(12-16)22(23,24)25/h2,4,6-8,12,15,18-20,26H,3,5,9-11,13-14H2,1H3,(H,27,28)/b4-2-/t15-,18+,19-,20-/m1/s1. The lowest BCUT2D eigenvalue weighted by molar-refractivity contribution is -0.138. The number of carboxylic acid groups (broad SMARTS) is 1. The normalized spacial score (nSPS) is 25.0. The average Bonchev–Trinajstić information content (AvgIpc) is 2.90. The van der Waals surface area contributed by atoms with E-state index in [4.69, 9.17) is 9.84 Å². The van der Waals surface area contributed by atoms with Gasteiger partial charge in [0.15, 0.2) is 0 Å². The zero-order valence-electron chi connectivity index (χ0n) is 16.6. The van der Waals surface area contributed by atoms with E-state index in [1.807, 2.05) is 12.2 Å². The highest BCUT2D eigenvalue weighted by Gasteiger charge is 2.39. The molecule has 7 heteroatoms. The lowest BCUT2D eigenvalue weighted by Gasteiger charge is -2.23. The minimum absolute atomic E-state index is 0.0687. The second kappa shape index (κ2) is 10.8. The van der Waals surface area contributed by atoms with Gasteiger partial charge in [-0.1, -0.05) is 31.2 Å². The van der Waals surface area contributed by atoms with Gasteiger partial charge in [-0.3, -0.25) is 4.79 Å². The van der Waals surface area contributed by atoms with E-state index in [0.717, 1.165) is 18.6 Å². The highest BCUT2D eigenvalue weighted by molar-refractivity contribution is 5.66. The van der Waals surface area contributed by atoms with Gasteiger partial charge in [0.2, 0.25) is 0 Å². The predicted octanol–water partition coefficient (Wildman–Crippen LogP) is 5.06. The summed E-state index contributed by atoms with van der Waals surface area (Å²) in [5.74, 6) is -0.332. The number of aliphatic hydroxyl groups excluding tert-OH is 1. The molecule has 29 heavy (non-hydrogen) atoms. The molecule has 1 fully saturated rings. The Hall–Kier alpha value is -1.86. The number of alkyl halides is 3. The third-order valence-electron chi connectivity index (χ3n) is 5.56. The first-order chi connectivity index (χ1) is 13.7. The van der Waals surface area contributed by atoms with Crippen LogP contribution in [-0.4, -0.2) is 28.9 Å². The second-order valence-corrected chi connectivity index (χ2v) is 7.81. The summed E-state index contributed by atoms with van der Waals surface area (Å²) in [6.45, 7) is 2.44. The predicted molar refractivity (Wildman–Crippen MR) is 103 cm³/mol. The molecule has 0 heterocycles. The number of unbranched alkanes of at least 4 members (excludes halogenated alkanes) is 1. The number of hydrogen-bond donors (Lipinski definition) is 2. The maximum Gasteiger partial charge on any atom is 0.416 e. The Morgan fingerprint density at radius 2 is 2.03 bits per heavy atom. The SMILES string of the molecule is C[C@@H]1C[C@@H](O)[C@H](COCc2cccc(C(F)(F)F)c2)[C@H]1C/C=C\CCCC(=O)O. The summed E-state index contributed by atoms with van der Waals surface area (Å²) < 4.78 is 44.1. The van der Waals surface area contributed by atoms with Crippen LogP contribution >= 0.6 is 0 Å². The Morgan fingerprint density at radius 3 is 2.72 bits per heavy atom. The number of carboxylic acids is 1. The van der Waals surface area contributed by atoms with Gasteiger partial charge in [-0.2, -0.15) is 13.2 Å². The summed E-state index contributed by atoms with van der Waals surface area (Å²) in [5, 5.41) is 19.0. The third-order valence-corrected chi connectivity index (χ3v) is 5.56. The maximum absolute atomic E-state index is 12.8. The fourth-order valence-corrected chi connectivity index (χ4v) is 3.97. The van der Waals surface area contributed by atoms with Crippen LogP contribution in [0.4, 0.5) is 13.2 Å². The molecule has 2 rings (SSSR count). The van der Waals surface area contributed by atoms with E-state index in [0.29, 0.717) is 37.4 Å². The topological polar surface area (TPSA) is 66.8 Å². The summed E-state index contributed by atoms with van der Waals surface area (Å²) in [7, 11) is 0. The monoisotopic (exact) mass is 414 g/mol. The van der Waals surface area contributed by atoms with Crippen LogP contribution in [0.3, 0.4) is 0 Å². The fourth-order valence-electron chi connectivity index (χ4n) is 3.97. The minimum atomic E-state index is -4.38. The van der Waals surface area contributed by atoms with Crippen molar-refractivity contribution in [2.45, 2.75) is 57.9 Å². The number of ether oxygens (including phenoxy) is 1. The Kier molecular flexibility index (Phi) is 8.71. The summed E-state index contributed by atoms with van der Waals surface area (Å²) in [6.07, 6.45) is 2.02. The van der Waals surface area contributed by atoms with E-state index >= 15 is 0 Å². The first kappa shape index (κ1) is 23.4.